The monoisotopic (exact) mass is 269 g/mol. The molecule has 0 aliphatic rings. The summed E-state index contributed by atoms with van der Waals surface area (Å²) in [5.41, 5.74) is 1.08. The molecular weight excluding hydrogens is 258 g/mol. The van der Waals surface area contributed by atoms with Crippen molar-refractivity contribution in [3.05, 3.63) is 71.5 Å². The number of hydrogen-bond donors (Lipinski definition) is 0. The molecule has 94 valence electrons. The summed E-state index contributed by atoms with van der Waals surface area (Å²) in [4.78, 5) is 4.09. The van der Waals surface area contributed by atoms with E-state index in [4.69, 9.17) is 16.3 Å². The first-order chi connectivity index (χ1) is 9.33. The van der Waals surface area contributed by atoms with Gasteiger partial charge in [0.2, 0.25) is 0 Å². The minimum Gasteiger partial charge on any atom is -0.489 e. The summed E-state index contributed by atoms with van der Waals surface area (Å²) in [5.74, 6) is 0.861. The van der Waals surface area contributed by atoms with Crippen LogP contribution in [0.5, 0.6) is 5.75 Å². The van der Waals surface area contributed by atoms with Crippen LogP contribution in [0, 0.1) is 0 Å². The molecule has 19 heavy (non-hydrogen) atoms. The molecule has 0 atom stereocenters. The van der Waals surface area contributed by atoms with Gasteiger partial charge in [0.05, 0.1) is 0 Å². The fraction of sp³-hybridized carbons (Fsp3) is 0.0625. The van der Waals surface area contributed by atoms with Crippen LogP contribution >= 0.6 is 11.6 Å². The van der Waals surface area contributed by atoms with Gasteiger partial charge in [-0.25, -0.2) is 4.98 Å². The first kappa shape index (κ1) is 12.0. The van der Waals surface area contributed by atoms with Gasteiger partial charge in [-0.3, -0.25) is 0 Å². The Morgan fingerprint density at radius 3 is 2.68 bits per heavy atom. The van der Waals surface area contributed by atoms with Crippen LogP contribution in [0.15, 0.2) is 60.8 Å². The Morgan fingerprint density at radius 2 is 1.84 bits per heavy atom. The van der Waals surface area contributed by atoms with Crippen molar-refractivity contribution >= 4 is 22.4 Å². The third-order valence-corrected chi connectivity index (χ3v) is 3.23. The number of halogens is 1. The van der Waals surface area contributed by atoms with E-state index in [1.165, 1.54) is 0 Å². The highest BCUT2D eigenvalue weighted by atomic mass is 35.5. The zero-order valence-corrected chi connectivity index (χ0v) is 11.0. The van der Waals surface area contributed by atoms with E-state index in [1.54, 1.807) is 6.20 Å². The molecule has 0 N–H and O–H groups in total. The molecule has 3 rings (SSSR count). The highest BCUT2D eigenvalue weighted by Gasteiger charge is 2.02. The van der Waals surface area contributed by atoms with E-state index in [2.05, 4.69) is 4.98 Å². The minimum atomic E-state index is 0.519. The van der Waals surface area contributed by atoms with Crippen LogP contribution in [0.3, 0.4) is 0 Å². The molecule has 2 nitrogen and oxygen atoms in total. The van der Waals surface area contributed by atoms with Crippen LogP contribution in [0.1, 0.15) is 5.56 Å². The minimum absolute atomic E-state index is 0.519. The van der Waals surface area contributed by atoms with Crippen molar-refractivity contribution in [2.75, 3.05) is 0 Å². The first-order valence-electron chi connectivity index (χ1n) is 6.04. The number of benzene rings is 2. The zero-order chi connectivity index (χ0) is 13.1. The molecule has 0 aliphatic carbocycles. The van der Waals surface area contributed by atoms with Gasteiger partial charge in [-0.15, -0.1) is 0 Å². The lowest BCUT2D eigenvalue weighted by atomic mass is 10.1. The third-order valence-electron chi connectivity index (χ3n) is 2.93. The zero-order valence-electron chi connectivity index (χ0n) is 10.2. The second-order valence-corrected chi connectivity index (χ2v) is 4.62. The SMILES string of the molecule is Clc1nccc2ccc(COc3ccccc3)cc12. The number of hydrogen-bond acceptors (Lipinski definition) is 2. The van der Waals surface area contributed by atoms with Crippen LogP contribution in [0.4, 0.5) is 0 Å². The van der Waals surface area contributed by atoms with E-state index in [0.717, 1.165) is 22.1 Å². The molecule has 1 aromatic heterocycles. The predicted octanol–water partition coefficient (Wildman–Crippen LogP) is 4.47. The summed E-state index contributed by atoms with van der Waals surface area (Å²) < 4.78 is 5.72. The van der Waals surface area contributed by atoms with Crippen molar-refractivity contribution in [3.8, 4) is 5.75 Å². The van der Waals surface area contributed by atoms with Crippen LogP contribution in [-0.2, 0) is 6.61 Å². The van der Waals surface area contributed by atoms with Crippen LogP contribution < -0.4 is 4.74 Å². The number of aromatic nitrogens is 1. The van der Waals surface area contributed by atoms with E-state index in [1.807, 2.05) is 54.6 Å². The summed E-state index contributed by atoms with van der Waals surface area (Å²) in [6.45, 7) is 0.519. The Bertz CT molecular complexity index is 697. The van der Waals surface area contributed by atoms with Crippen molar-refractivity contribution in [1.29, 1.82) is 0 Å². The van der Waals surface area contributed by atoms with E-state index in [9.17, 15) is 0 Å². The lowest BCUT2D eigenvalue weighted by molar-refractivity contribution is 0.306. The Labute approximate surface area is 116 Å². The molecule has 0 saturated heterocycles. The Balaban J connectivity index is 1.84. The van der Waals surface area contributed by atoms with Gasteiger partial charge in [-0.1, -0.05) is 41.9 Å². The second-order valence-electron chi connectivity index (χ2n) is 4.26. The second kappa shape index (κ2) is 5.29. The average molecular weight is 270 g/mol. The van der Waals surface area contributed by atoms with Crippen molar-refractivity contribution in [1.82, 2.24) is 4.98 Å². The molecular formula is C16H12ClNO. The number of pyridine rings is 1. The molecule has 0 fully saturated rings. The third kappa shape index (κ3) is 2.69. The lowest BCUT2D eigenvalue weighted by Crippen LogP contribution is -1.95. The summed E-state index contributed by atoms with van der Waals surface area (Å²) in [6, 6.07) is 17.8. The van der Waals surface area contributed by atoms with Crippen molar-refractivity contribution < 1.29 is 4.74 Å². The molecule has 3 aromatic rings. The van der Waals surface area contributed by atoms with Gasteiger partial charge in [0.15, 0.2) is 0 Å². The molecule has 0 aliphatic heterocycles. The molecule has 0 bridgehead atoms. The molecule has 1 heterocycles. The van der Waals surface area contributed by atoms with E-state index >= 15 is 0 Å². The Hall–Kier alpha value is -2.06. The molecule has 0 unspecified atom stereocenters. The standard InChI is InChI=1S/C16H12ClNO/c17-16-15-10-12(6-7-13(15)8-9-18-16)11-19-14-4-2-1-3-5-14/h1-10H,11H2. The van der Waals surface area contributed by atoms with E-state index in [-0.39, 0.29) is 0 Å². The smallest absolute Gasteiger partial charge is 0.136 e. The average Bonchev–Trinajstić information content (AvgIpc) is 2.47. The molecule has 3 heteroatoms. The maximum absolute atomic E-state index is 6.09. The van der Waals surface area contributed by atoms with Gasteiger partial charge >= 0.3 is 0 Å². The molecule has 0 amide bonds. The number of fused-ring (bicyclic) bond motifs is 1. The molecule has 0 radical (unpaired) electrons. The Morgan fingerprint density at radius 1 is 1.00 bits per heavy atom. The highest BCUT2D eigenvalue weighted by molar-refractivity contribution is 6.34. The van der Waals surface area contributed by atoms with Crippen LogP contribution in [-0.4, -0.2) is 4.98 Å². The molecule has 0 saturated carbocycles. The fourth-order valence-corrected chi connectivity index (χ4v) is 2.17. The van der Waals surface area contributed by atoms with Crippen LogP contribution in [0.25, 0.3) is 10.8 Å². The maximum atomic E-state index is 6.09. The lowest BCUT2D eigenvalue weighted by Gasteiger charge is -2.07. The van der Waals surface area contributed by atoms with Gasteiger partial charge in [-0.2, -0.15) is 0 Å². The number of ether oxygens (including phenoxy) is 1. The number of nitrogens with zero attached hydrogens (tertiary/aromatic N) is 1. The Kier molecular flexibility index (Phi) is 3.34. The maximum Gasteiger partial charge on any atom is 0.136 e. The summed E-state index contributed by atoms with van der Waals surface area (Å²) >= 11 is 6.09. The normalized spacial score (nSPS) is 10.6. The van der Waals surface area contributed by atoms with Gasteiger partial charge in [0.1, 0.15) is 17.5 Å². The van der Waals surface area contributed by atoms with E-state index in [0.29, 0.717) is 11.8 Å². The number of rotatable bonds is 3. The van der Waals surface area contributed by atoms with Crippen molar-refractivity contribution in [3.63, 3.8) is 0 Å². The van der Waals surface area contributed by atoms with Gasteiger partial charge in [-0.05, 0) is 35.2 Å². The predicted molar refractivity (Wildman–Crippen MR) is 77.5 cm³/mol. The molecule has 2 aromatic carbocycles. The van der Waals surface area contributed by atoms with Gasteiger partial charge in [0, 0.05) is 11.6 Å². The number of para-hydroxylation sites is 1. The first-order valence-corrected chi connectivity index (χ1v) is 6.42. The summed E-state index contributed by atoms with van der Waals surface area (Å²) in [5, 5.41) is 2.57. The fourth-order valence-electron chi connectivity index (χ4n) is 1.95. The summed E-state index contributed by atoms with van der Waals surface area (Å²) in [7, 11) is 0. The summed E-state index contributed by atoms with van der Waals surface area (Å²) in [6.07, 6.45) is 1.71. The largest absolute Gasteiger partial charge is 0.489 e. The molecule has 0 spiro atoms. The van der Waals surface area contributed by atoms with Gasteiger partial charge < -0.3 is 4.74 Å². The topological polar surface area (TPSA) is 22.1 Å². The van der Waals surface area contributed by atoms with Crippen molar-refractivity contribution in [2.24, 2.45) is 0 Å². The van der Waals surface area contributed by atoms with E-state index < -0.39 is 0 Å². The van der Waals surface area contributed by atoms with Crippen LogP contribution in [0.2, 0.25) is 5.15 Å². The quantitative estimate of drug-likeness (QED) is 0.655. The van der Waals surface area contributed by atoms with Gasteiger partial charge in [0.25, 0.3) is 0 Å². The van der Waals surface area contributed by atoms with Crippen molar-refractivity contribution in [2.45, 2.75) is 6.61 Å². The highest BCUT2D eigenvalue weighted by Crippen LogP contribution is 2.23.